The maximum absolute atomic E-state index is 6.46. The third kappa shape index (κ3) is 3.86. The van der Waals surface area contributed by atoms with Gasteiger partial charge in [0.2, 0.25) is 0 Å². The number of benzene rings is 1. The van der Waals surface area contributed by atoms with Crippen LogP contribution in [0.3, 0.4) is 0 Å². The van der Waals surface area contributed by atoms with E-state index in [1.807, 2.05) is 18.2 Å². The first kappa shape index (κ1) is 15.1. The summed E-state index contributed by atoms with van der Waals surface area (Å²) in [6, 6.07) is 12.6. The van der Waals surface area contributed by atoms with Crippen LogP contribution in [-0.2, 0) is 19.4 Å². The van der Waals surface area contributed by atoms with Crippen molar-refractivity contribution in [3.63, 3.8) is 0 Å². The molecule has 1 aromatic heterocycles. The SMILES string of the molecule is CCc1cc(CCCC(Cl)c2ccccc2)n(CC)n1. The largest absolute Gasteiger partial charge is 0.270 e. The average Bonchev–Trinajstić information content (AvgIpc) is 2.90. The minimum atomic E-state index is 0.111. The quantitative estimate of drug-likeness (QED) is 0.672. The molecule has 1 unspecified atom stereocenters. The van der Waals surface area contributed by atoms with Crippen molar-refractivity contribution in [3.8, 4) is 0 Å². The van der Waals surface area contributed by atoms with Gasteiger partial charge in [-0.1, -0.05) is 37.3 Å². The van der Waals surface area contributed by atoms with E-state index >= 15 is 0 Å². The zero-order chi connectivity index (χ0) is 14.4. The van der Waals surface area contributed by atoms with Crippen molar-refractivity contribution in [2.24, 2.45) is 0 Å². The van der Waals surface area contributed by atoms with Gasteiger partial charge in [0.1, 0.15) is 0 Å². The van der Waals surface area contributed by atoms with Gasteiger partial charge in [0.15, 0.2) is 0 Å². The van der Waals surface area contributed by atoms with E-state index in [9.17, 15) is 0 Å². The fourth-order valence-electron chi connectivity index (χ4n) is 2.45. The van der Waals surface area contributed by atoms with Gasteiger partial charge < -0.3 is 0 Å². The molecule has 20 heavy (non-hydrogen) atoms. The molecule has 3 heteroatoms. The minimum absolute atomic E-state index is 0.111. The minimum Gasteiger partial charge on any atom is -0.270 e. The maximum Gasteiger partial charge on any atom is 0.0624 e. The maximum atomic E-state index is 6.46. The lowest BCUT2D eigenvalue weighted by atomic mass is 10.1. The molecule has 0 aliphatic heterocycles. The summed E-state index contributed by atoms with van der Waals surface area (Å²) in [6.07, 6.45) is 4.15. The molecule has 0 saturated heterocycles. The topological polar surface area (TPSA) is 17.8 Å². The van der Waals surface area contributed by atoms with Crippen LogP contribution in [0.2, 0.25) is 0 Å². The normalized spacial score (nSPS) is 12.6. The smallest absolute Gasteiger partial charge is 0.0624 e. The number of hydrogen-bond acceptors (Lipinski definition) is 1. The van der Waals surface area contributed by atoms with Crippen molar-refractivity contribution in [2.45, 2.75) is 51.5 Å². The van der Waals surface area contributed by atoms with Crippen molar-refractivity contribution in [1.82, 2.24) is 9.78 Å². The van der Waals surface area contributed by atoms with Gasteiger partial charge in [0.05, 0.1) is 11.1 Å². The van der Waals surface area contributed by atoms with Gasteiger partial charge in [0.25, 0.3) is 0 Å². The first-order chi connectivity index (χ1) is 9.74. The van der Waals surface area contributed by atoms with Gasteiger partial charge in [-0.3, -0.25) is 4.68 Å². The van der Waals surface area contributed by atoms with Crippen LogP contribution < -0.4 is 0 Å². The molecule has 0 amide bonds. The molecule has 0 radical (unpaired) electrons. The molecule has 1 heterocycles. The molecule has 2 rings (SSSR count). The lowest BCUT2D eigenvalue weighted by molar-refractivity contribution is 0.594. The van der Waals surface area contributed by atoms with E-state index in [0.29, 0.717) is 0 Å². The lowest BCUT2D eigenvalue weighted by Crippen LogP contribution is -2.03. The van der Waals surface area contributed by atoms with Crippen LogP contribution in [0, 0.1) is 0 Å². The fourth-order valence-corrected chi connectivity index (χ4v) is 2.75. The Hall–Kier alpha value is -1.28. The van der Waals surface area contributed by atoms with Crippen LogP contribution in [0.5, 0.6) is 0 Å². The van der Waals surface area contributed by atoms with Crippen molar-refractivity contribution >= 4 is 11.6 Å². The van der Waals surface area contributed by atoms with Crippen molar-refractivity contribution in [2.75, 3.05) is 0 Å². The Kier molecular flexibility index (Phi) is 5.66. The van der Waals surface area contributed by atoms with E-state index in [4.69, 9.17) is 11.6 Å². The molecule has 2 nitrogen and oxygen atoms in total. The summed E-state index contributed by atoms with van der Waals surface area (Å²) in [4.78, 5) is 0. The second-order valence-electron chi connectivity index (χ2n) is 5.07. The molecule has 0 spiro atoms. The third-order valence-electron chi connectivity index (χ3n) is 3.63. The van der Waals surface area contributed by atoms with E-state index in [1.165, 1.54) is 17.0 Å². The highest BCUT2D eigenvalue weighted by molar-refractivity contribution is 6.20. The molecule has 1 atom stereocenters. The molecule has 0 N–H and O–H groups in total. The van der Waals surface area contributed by atoms with E-state index in [2.05, 4.69) is 41.8 Å². The van der Waals surface area contributed by atoms with Gasteiger partial charge in [-0.05, 0) is 44.2 Å². The summed E-state index contributed by atoms with van der Waals surface area (Å²) in [6.45, 7) is 5.24. The highest BCUT2D eigenvalue weighted by Crippen LogP contribution is 2.26. The van der Waals surface area contributed by atoms with Crippen molar-refractivity contribution in [3.05, 3.63) is 53.3 Å². The summed E-state index contributed by atoms with van der Waals surface area (Å²) in [7, 11) is 0. The van der Waals surface area contributed by atoms with Gasteiger partial charge in [-0.2, -0.15) is 5.10 Å². The molecule has 1 aromatic carbocycles. The Morgan fingerprint density at radius 2 is 1.95 bits per heavy atom. The molecule has 0 aliphatic rings. The van der Waals surface area contributed by atoms with Crippen LogP contribution in [-0.4, -0.2) is 9.78 Å². The predicted molar refractivity (Wildman–Crippen MR) is 85.3 cm³/mol. The highest BCUT2D eigenvalue weighted by Gasteiger charge is 2.09. The monoisotopic (exact) mass is 290 g/mol. The molecule has 2 aromatic rings. The molecular formula is C17H23ClN2. The Labute approximate surface area is 126 Å². The number of aryl methyl sites for hydroxylation is 3. The van der Waals surface area contributed by atoms with Crippen molar-refractivity contribution < 1.29 is 0 Å². The zero-order valence-electron chi connectivity index (χ0n) is 12.3. The van der Waals surface area contributed by atoms with Gasteiger partial charge >= 0.3 is 0 Å². The predicted octanol–water partition coefficient (Wildman–Crippen LogP) is 4.77. The first-order valence-electron chi connectivity index (χ1n) is 7.49. The second kappa shape index (κ2) is 7.49. The van der Waals surface area contributed by atoms with Crippen LogP contribution in [0.15, 0.2) is 36.4 Å². The summed E-state index contributed by atoms with van der Waals surface area (Å²) < 4.78 is 2.12. The standard InChI is InChI=1S/C17H23ClN2/c1-3-15-13-16(20(4-2)19-15)11-8-12-17(18)14-9-6-5-7-10-14/h5-7,9-10,13,17H,3-4,8,11-12H2,1-2H3. The van der Waals surface area contributed by atoms with Gasteiger partial charge in [-0.25, -0.2) is 0 Å². The number of nitrogens with zero attached hydrogens (tertiary/aromatic N) is 2. The van der Waals surface area contributed by atoms with Crippen molar-refractivity contribution in [1.29, 1.82) is 0 Å². The van der Waals surface area contributed by atoms with Crippen LogP contribution in [0.25, 0.3) is 0 Å². The Morgan fingerprint density at radius 3 is 2.60 bits per heavy atom. The third-order valence-corrected chi connectivity index (χ3v) is 4.10. The Bertz CT molecular complexity index is 519. The second-order valence-corrected chi connectivity index (χ2v) is 5.59. The average molecular weight is 291 g/mol. The number of hydrogen-bond donors (Lipinski definition) is 0. The molecular weight excluding hydrogens is 268 g/mol. The van der Waals surface area contributed by atoms with E-state index < -0.39 is 0 Å². The summed E-state index contributed by atoms with van der Waals surface area (Å²) in [5.74, 6) is 0. The molecule has 0 aliphatic carbocycles. The van der Waals surface area contributed by atoms with E-state index in [-0.39, 0.29) is 5.38 Å². The first-order valence-corrected chi connectivity index (χ1v) is 7.92. The Balaban J connectivity index is 1.88. The number of aromatic nitrogens is 2. The van der Waals surface area contributed by atoms with E-state index in [0.717, 1.165) is 32.2 Å². The van der Waals surface area contributed by atoms with Gasteiger partial charge in [-0.15, -0.1) is 11.6 Å². The molecule has 0 fully saturated rings. The van der Waals surface area contributed by atoms with Crippen LogP contribution >= 0.6 is 11.6 Å². The number of halogens is 1. The summed E-state index contributed by atoms with van der Waals surface area (Å²) >= 11 is 6.46. The zero-order valence-corrected chi connectivity index (χ0v) is 13.1. The molecule has 0 bridgehead atoms. The highest BCUT2D eigenvalue weighted by atomic mass is 35.5. The lowest BCUT2D eigenvalue weighted by Gasteiger charge is -2.10. The van der Waals surface area contributed by atoms with Crippen LogP contribution in [0.4, 0.5) is 0 Å². The molecule has 108 valence electrons. The number of rotatable bonds is 7. The van der Waals surface area contributed by atoms with E-state index in [1.54, 1.807) is 0 Å². The van der Waals surface area contributed by atoms with Gasteiger partial charge in [0, 0.05) is 12.2 Å². The molecule has 0 saturated carbocycles. The summed E-state index contributed by atoms with van der Waals surface area (Å²) in [5.41, 5.74) is 3.74. The summed E-state index contributed by atoms with van der Waals surface area (Å²) in [5, 5.41) is 4.70. The van der Waals surface area contributed by atoms with Crippen LogP contribution in [0.1, 0.15) is 49.0 Å². The fraction of sp³-hybridized carbons (Fsp3) is 0.471. The number of alkyl halides is 1. The Morgan fingerprint density at radius 1 is 1.20 bits per heavy atom.